The predicted molar refractivity (Wildman–Crippen MR) is 88.4 cm³/mol. The number of aryl methyl sites for hydroxylation is 1. The van der Waals surface area contributed by atoms with Crippen molar-refractivity contribution in [2.24, 2.45) is 17.3 Å². The summed E-state index contributed by atoms with van der Waals surface area (Å²) >= 11 is 0. The Morgan fingerprint density at radius 1 is 1.04 bits per heavy atom. The van der Waals surface area contributed by atoms with Gasteiger partial charge in [-0.2, -0.15) is 0 Å². The molecule has 23 heavy (non-hydrogen) atoms. The van der Waals surface area contributed by atoms with Crippen molar-refractivity contribution in [3.8, 4) is 0 Å². The van der Waals surface area contributed by atoms with Gasteiger partial charge in [0.25, 0.3) is 0 Å². The van der Waals surface area contributed by atoms with Crippen molar-refractivity contribution in [1.29, 1.82) is 0 Å². The third kappa shape index (κ3) is 2.80. The maximum Gasteiger partial charge on any atom is 0.307 e. The largest absolute Gasteiger partial charge is 0.481 e. The summed E-state index contributed by atoms with van der Waals surface area (Å²) < 4.78 is 0. The van der Waals surface area contributed by atoms with Crippen LogP contribution >= 0.6 is 0 Å². The molecule has 1 N–H and O–H groups in total. The zero-order valence-corrected chi connectivity index (χ0v) is 14.0. The zero-order valence-electron chi connectivity index (χ0n) is 14.0. The Labute approximate surface area is 136 Å². The van der Waals surface area contributed by atoms with Crippen molar-refractivity contribution < 1.29 is 14.7 Å². The number of hydrogen-bond acceptors (Lipinski definition) is 3. The van der Waals surface area contributed by atoms with Crippen LogP contribution in [0.5, 0.6) is 0 Å². The highest BCUT2D eigenvalue weighted by molar-refractivity contribution is 5.91. The average Bonchev–Trinajstić information content (AvgIpc) is 3.10. The van der Waals surface area contributed by atoms with Crippen LogP contribution < -0.4 is 4.90 Å². The maximum atomic E-state index is 12.6. The van der Waals surface area contributed by atoms with Crippen LogP contribution in [-0.4, -0.2) is 48.1 Å². The summed E-state index contributed by atoms with van der Waals surface area (Å²) in [6.07, 6.45) is 0. The van der Waals surface area contributed by atoms with Crippen molar-refractivity contribution in [3.05, 3.63) is 29.8 Å². The average molecular weight is 316 g/mol. The normalized spacial score (nSPS) is 26.0. The van der Waals surface area contributed by atoms with Crippen molar-refractivity contribution in [3.63, 3.8) is 0 Å². The summed E-state index contributed by atoms with van der Waals surface area (Å²) in [4.78, 5) is 28.0. The molecule has 0 radical (unpaired) electrons. The van der Waals surface area contributed by atoms with E-state index in [1.165, 1.54) is 11.3 Å². The molecule has 2 atom stereocenters. The maximum absolute atomic E-state index is 12.6. The Bertz CT molecular complexity index is 616. The summed E-state index contributed by atoms with van der Waals surface area (Å²) in [7, 11) is 0. The van der Waals surface area contributed by atoms with Gasteiger partial charge < -0.3 is 14.9 Å². The van der Waals surface area contributed by atoms with Crippen molar-refractivity contribution in [2.75, 3.05) is 31.1 Å². The molecule has 0 unspecified atom stereocenters. The van der Waals surface area contributed by atoms with Crippen LogP contribution in [-0.2, 0) is 9.59 Å². The fourth-order valence-electron chi connectivity index (χ4n) is 3.70. The number of piperazine rings is 1. The first-order valence-corrected chi connectivity index (χ1v) is 8.15. The molecule has 0 aromatic heterocycles. The number of anilines is 1. The van der Waals surface area contributed by atoms with E-state index >= 15 is 0 Å². The molecule has 1 saturated carbocycles. The Kier molecular flexibility index (Phi) is 3.82. The Balaban J connectivity index is 1.60. The molecule has 124 valence electrons. The highest BCUT2D eigenvalue weighted by Gasteiger charge is 2.66. The molecule has 1 heterocycles. The summed E-state index contributed by atoms with van der Waals surface area (Å²) in [6, 6.07) is 8.41. The van der Waals surface area contributed by atoms with E-state index in [4.69, 9.17) is 0 Å². The number of hydrogen-bond donors (Lipinski definition) is 1. The number of carbonyl (C=O) groups is 2. The fourth-order valence-corrected chi connectivity index (χ4v) is 3.70. The highest BCUT2D eigenvalue weighted by Crippen LogP contribution is 2.59. The lowest BCUT2D eigenvalue weighted by molar-refractivity contribution is -0.142. The molecule has 2 aliphatic rings. The topological polar surface area (TPSA) is 60.9 Å². The first-order chi connectivity index (χ1) is 10.8. The first kappa shape index (κ1) is 15.8. The van der Waals surface area contributed by atoms with Gasteiger partial charge in [-0.25, -0.2) is 0 Å². The van der Waals surface area contributed by atoms with Crippen LogP contribution in [0.15, 0.2) is 24.3 Å². The SMILES string of the molecule is Cc1ccc(N2CCN(C(=O)[C@H]3[C@H](C(=O)O)C3(C)C)CC2)cc1. The molecule has 1 aliphatic carbocycles. The quantitative estimate of drug-likeness (QED) is 0.926. The van der Waals surface area contributed by atoms with Gasteiger partial charge >= 0.3 is 5.97 Å². The number of amides is 1. The minimum Gasteiger partial charge on any atom is -0.481 e. The van der Waals surface area contributed by atoms with Crippen LogP contribution in [0.25, 0.3) is 0 Å². The minimum absolute atomic E-state index is 0.00551. The van der Waals surface area contributed by atoms with Crippen LogP contribution in [0.4, 0.5) is 5.69 Å². The molecule has 5 nitrogen and oxygen atoms in total. The van der Waals surface area contributed by atoms with Gasteiger partial charge in [0.2, 0.25) is 5.91 Å². The second-order valence-electron chi connectivity index (χ2n) is 7.26. The summed E-state index contributed by atoms with van der Waals surface area (Å²) in [5.74, 6) is -1.76. The molecular formula is C18H24N2O3. The van der Waals surface area contributed by atoms with Gasteiger partial charge in [0, 0.05) is 31.9 Å². The van der Waals surface area contributed by atoms with E-state index < -0.39 is 17.3 Å². The fraction of sp³-hybridized carbons (Fsp3) is 0.556. The van der Waals surface area contributed by atoms with Crippen LogP contribution in [0, 0.1) is 24.2 Å². The van der Waals surface area contributed by atoms with E-state index in [1.54, 1.807) is 0 Å². The lowest BCUT2D eigenvalue weighted by Crippen LogP contribution is -2.49. The van der Waals surface area contributed by atoms with Crippen molar-refractivity contribution in [1.82, 2.24) is 4.90 Å². The van der Waals surface area contributed by atoms with Gasteiger partial charge in [0.1, 0.15) is 0 Å². The lowest BCUT2D eigenvalue weighted by atomic mass is 10.1. The molecular weight excluding hydrogens is 292 g/mol. The summed E-state index contributed by atoms with van der Waals surface area (Å²) in [5, 5.41) is 9.24. The molecule has 5 heteroatoms. The molecule has 0 spiro atoms. The number of benzene rings is 1. The standard InChI is InChI=1S/C18H24N2O3/c1-12-4-6-13(7-5-12)19-8-10-20(11-9-19)16(21)14-15(17(22)23)18(14,2)3/h4-7,14-15H,8-11H2,1-3H3,(H,22,23)/t14-,15-/m1/s1. The molecule has 1 saturated heterocycles. The van der Waals surface area contributed by atoms with Crippen LogP contribution in [0.2, 0.25) is 0 Å². The molecule has 1 aromatic carbocycles. The Hall–Kier alpha value is -2.04. The van der Waals surface area contributed by atoms with Crippen molar-refractivity contribution in [2.45, 2.75) is 20.8 Å². The van der Waals surface area contributed by atoms with E-state index in [-0.39, 0.29) is 11.8 Å². The van der Waals surface area contributed by atoms with Gasteiger partial charge in [-0.05, 0) is 24.5 Å². The number of carboxylic acids is 1. The van der Waals surface area contributed by atoms with Crippen LogP contribution in [0.3, 0.4) is 0 Å². The van der Waals surface area contributed by atoms with E-state index in [9.17, 15) is 14.7 Å². The van der Waals surface area contributed by atoms with Gasteiger partial charge in [-0.15, -0.1) is 0 Å². The van der Waals surface area contributed by atoms with Gasteiger partial charge in [0.15, 0.2) is 0 Å². The van der Waals surface area contributed by atoms with Gasteiger partial charge in [-0.1, -0.05) is 31.5 Å². The third-order valence-electron chi connectivity index (χ3n) is 5.35. The van der Waals surface area contributed by atoms with E-state index in [1.807, 2.05) is 18.7 Å². The van der Waals surface area contributed by atoms with Gasteiger partial charge in [0.05, 0.1) is 11.8 Å². The molecule has 0 bridgehead atoms. The lowest BCUT2D eigenvalue weighted by Gasteiger charge is -2.36. The highest BCUT2D eigenvalue weighted by atomic mass is 16.4. The van der Waals surface area contributed by atoms with E-state index in [2.05, 4.69) is 36.1 Å². The number of rotatable bonds is 3. The van der Waals surface area contributed by atoms with Gasteiger partial charge in [-0.3, -0.25) is 9.59 Å². The first-order valence-electron chi connectivity index (χ1n) is 8.15. The Morgan fingerprint density at radius 2 is 1.61 bits per heavy atom. The Morgan fingerprint density at radius 3 is 2.09 bits per heavy atom. The smallest absolute Gasteiger partial charge is 0.307 e. The van der Waals surface area contributed by atoms with E-state index in [0.717, 1.165) is 13.1 Å². The number of nitrogens with zero attached hydrogens (tertiary/aromatic N) is 2. The number of aliphatic carboxylic acids is 1. The molecule has 3 rings (SSSR count). The minimum atomic E-state index is -0.855. The third-order valence-corrected chi connectivity index (χ3v) is 5.35. The molecule has 1 aliphatic heterocycles. The number of carbonyl (C=O) groups excluding carboxylic acids is 1. The van der Waals surface area contributed by atoms with Crippen molar-refractivity contribution >= 4 is 17.6 Å². The van der Waals surface area contributed by atoms with E-state index in [0.29, 0.717) is 13.1 Å². The second kappa shape index (κ2) is 5.55. The van der Waals surface area contributed by atoms with Crippen LogP contribution in [0.1, 0.15) is 19.4 Å². The molecule has 1 amide bonds. The monoisotopic (exact) mass is 316 g/mol. The summed E-state index contributed by atoms with van der Waals surface area (Å²) in [5.41, 5.74) is 1.99. The number of carboxylic acid groups (broad SMARTS) is 1. The zero-order chi connectivity index (χ0) is 16.8. The molecule has 2 fully saturated rings. The second-order valence-corrected chi connectivity index (χ2v) is 7.26. The summed E-state index contributed by atoms with van der Waals surface area (Å²) in [6.45, 7) is 8.71. The predicted octanol–water partition coefficient (Wildman–Crippen LogP) is 2.00. The molecule has 1 aromatic rings.